The number of hydrogen-bond acceptors (Lipinski definition) is 4. The summed E-state index contributed by atoms with van der Waals surface area (Å²) in [6, 6.07) is 6.15. The molecule has 7 heteroatoms. The van der Waals surface area contributed by atoms with Gasteiger partial charge in [0.05, 0.1) is 0 Å². The Morgan fingerprint density at radius 3 is 2.27 bits per heavy atom. The van der Waals surface area contributed by atoms with Crippen molar-refractivity contribution in [3.05, 3.63) is 35.4 Å². The van der Waals surface area contributed by atoms with Crippen LogP contribution in [-0.2, 0) is 4.79 Å². The highest BCUT2D eigenvalue weighted by Gasteiger charge is 2.25. The highest BCUT2D eigenvalue weighted by Crippen LogP contribution is 2.27. The Morgan fingerprint density at radius 1 is 1.09 bits per heavy atom. The third-order valence-corrected chi connectivity index (χ3v) is 5.98. The molecule has 2 rings (SSSR count). The van der Waals surface area contributed by atoms with Crippen molar-refractivity contribution in [1.29, 1.82) is 0 Å². The summed E-state index contributed by atoms with van der Waals surface area (Å²) in [6.07, 6.45) is 4.65. The molecule has 0 heterocycles. The second-order valence-electron chi connectivity index (χ2n) is 9.12. The van der Waals surface area contributed by atoms with Crippen LogP contribution in [0.1, 0.15) is 87.9 Å². The van der Waals surface area contributed by atoms with E-state index in [1.54, 1.807) is 24.3 Å². The van der Waals surface area contributed by atoms with E-state index in [0.717, 1.165) is 19.4 Å². The molecule has 1 fully saturated rings. The van der Waals surface area contributed by atoms with Crippen molar-refractivity contribution in [3.8, 4) is 0 Å². The van der Waals surface area contributed by atoms with Gasteiger partial charge < -0.3 is 21.3 Å². The zero-order valence-electron chi connectivity index (χ0n) is 20.0. The average Bonchev–Trinajstić information content (AvgIpc) is 3.61. The quantitative estimate of drug-likeness (QED) is 0.418. The fourth-order valence-corrected chi connectivity index (χ4v) is 3.69. The normalized spacial score (nSPS) is 15.5. The van der Waals surface area contributed by atoms with Gasteiger partial charge in [-0.2, -0.15) is 0 Å². The van der Waals surface area contributed by atoms with Crippen LogP contribution in [0.2, 0.25) is 0 Å². The zero-order valence-corrected chi connectivity index (χ0v) is 20.0. The van der Waals surface area contributed by atoms with Crippen molar-refractivity contribution in [1.82, 2.24) is 15.5 Å². The molecule has 4 N–H and O–H groups in total. The summed E-state index contributed by atoms with van der Waals surface area (Å²) in [6.45, 7) is 9.93. The molecule has 0 aliphatic heterocycles. The summed E-state index contributed by atoms with van der Waals surface area (Å²) < 4.78 is 0. The van der Waals surface area contributed by atoms with Crippen molar-refractivity contribution in [2.45, 2.75) is 79.3 Å². The highest BCUT2D eigenvalue weighted by atomic mass is 16.2. The first kappa shape index (κ1) is 28.6. The zero-order chi connectivity index (χ0) is 23.7. The maximum absolute atomic E-state index is 12.9. The van der Waals surface area contributed by atoms with Crippen LogP contribution in [0.4, 0.5) is 0 Å². The number of hydrogen-bond donors (Lipinski definition) is 3. The molecule has 0 bridgehead atoms. The van der Waals surface area contributed by atoms with Crippen LogP contribution >= 0.6 is 0 Å². The van der Waals surface area contributed by atoms with Gasteiger partial charge in [0.2, 0.25) is 5.91 Å². The monoisotopic (exact) mass is 460 g/mol. The summed E-state index contributed by atoms with van der Waals surface area (Å²) in [5.74, 6) is 0.106. The van der Waals surface area contributed by atoms with Crippen LogP contribution in [0.5, 0.6) is 0 Å². The van der Waals surface area contributed by atoms with Crippen LogP contribution in [0.3, 0.4) is 0 Å². The van der Waals surface area contributed by atoms with E-state index in [2.05, 4.69) is 10.6 Å². The lowest BCUT2D eigenvalue weighted by Gasteiger charge is -2.24. The van der Waals surface area contributed by atoms with Crippen LogP contribution in [-0.4, -0.2) is 54.3 Å². The molecule has 0 aromatic heterocycles. The van der Waals surface area contributed by atoms with Crippen molar-refractivity contribution < 1.29 is 14.4 Å². The van der Waals surface area contributed by atoms with Crippen LogP contribution in [0, 0.1) is 11.8 Å². The maximum atomic E-state index is 12.9. The third kappa shape index (κ3) is 9.16. The van der Waals surface area contributed by atoms with Gasteiger partial charge >= 0.3 is 0 Å². The summed E-state index contributed by atoms with van der Waals surface area (Å²) in [7, 11) is 0. The summed E-state index contributed by atoms with van der Waals surface area (Å²) in [5.41, 5.74) is 7.22. The smallest absolute Gasteiger partial charge is 0.253 e. The van der Waals surface area contributed by atoms with E-state index in [1.165, 1.54) is 12.8 Å². The number of amides is 3. The van der Waals surface area contributed by atoms with E-state index in [9.17, 15) is 14.4 Å². The van der Waals surface area contributed by atoms with Crippen molar-refractivity contribution in [2.75, 3.05) is 19.6 Å². The van der Waals surface area contributed by atoms with E-state index in [4.69, 9.17) is 5.73 Å². The van der Waals surface area contributed by atoms with Crippen molar-refractivity contribution in [3.63, 3.8) is 0 Å². The molecule has 0 unspecified atom stereocenters. The molecule has 0 spiro atoms. The number of nitrogens with one attached hydrogen (secondary N) is 2. The first-order chi connectivity index (χ1) is 15.3. The van der Waals surface area contributed by atoms with E-state index < -0.39 is 0 Å². The molecule has 7 nitrogen and oxygen atoms in total. The molecule has 1 aromatic rings. The van der Waals surface area contributed by atoms with Gasteiger partial charge in [-0.15, -0.1) is 0 Å². The van der Waals surface area contributed by atoms with Crippen molar-refractivity contribution >= 4 is 17.7 Å². The van der Waals surface area contributed by atoms with Gasteiger partial charge in [-0.25, -0.2) is 0 Å². The number of rotatable bonds is 13. The minimum absolute atomic E-state index is 0. The topological polar surface area (TPSA) is 105 Å². The standard InChI is InChI=1S/C25H40N4O3.CH4/c1-5-12-29(13-6-2)25(32)21-9-7-8-20(15-21)24(31)28-18(4)22(26)14-17(3)23(30)27-16-19-10-11-19;/h7-9,15,17-19,22H,5-6,10-14,16,26H2,1-4H3,(H,27,30)(H,28,31);1H4/t17-,18+,22+;/m1./s1. The van der Waals surface area contributed by atoms with E-state index >= 15 is 0 Å². The third-order valence-electron chi connectivity index (χ3n) is 5.98. The molecule has 1 aromatic carbocycles. The first-order valence-corrected chi connectivity index (χ1v) is 12.0. The fraction of sp³-hybridized carbons (Fsp3) is 0.654. The fourth-order valence-electron chi connectivity index (χ4n) is 3.69. The summed E-state index contributed by atoms with van der Waals surface area (Å²) in [5, 5.41) is 5.91. The lowest BCUT2D eigenvalue weighted by Crippen LogP contribution is -2.47. The Kier molecular flexibility index (Phi) is 12.1. The van der Waals surface area contributed by atoms with Crippen LogP contribution in [0.15, 0.2) is 24.3 Å². The van der Waals surface area contributed by atoms with Gasteiger partial charge in [-0.05, 0) is 63.1 Å². The first-order valence-electron chi connectivity index (χ1n) is 12.0. The Hall–Kier alpha value is -2.41. The average molecular weight is 461 g/mol. The predicted octanol–water partition coefficient (Wildman–Crippen LogP) is 3.58. The Morgan fingerprint density at radius 2 is 1.70 bits per heavy atom. The molecule has 33 heavy (non-hydrogen) atoms. The molecular weight excluding hydrogens is 416 g/mol. The largest absolute Gasteiger partial charge is 0.356 e. The van der Waals surface area contributed by atoms with Gasteiger partial charge in [-0.1, -0.05) is 34.3 Å². The Bertz CT molecular complexity index is 773. The summed E-state index contributed by atoms with van der Waals surface area (Å²) in [4.78, 5) is 39.7. The molecule has 0 radical (unpaired) electrons. The van der Waals surface area contributed by atoms with E-state index in [0.29, 0.717) is 36.6 Å². The number of nitrogens with zero attached hydrogens (tertiary/aromatic N) is 1. The van der Waals surface area contributed by atoms with E-state index in [1.807, 2.05) is 32.6 Å². The molecule has 0 saturated heterocycles. The summed E-state index contributed by atoms with van der Waals surface area (Å²) >= 11 is 0. The number of carbonyl (C=O) groups is 3. The SMILES string of the molecule is C.CCCN(CCC)C(=O)c1cccc(C(=O)N[C@@H](C)[C@@H](N)C[C@@H](C)C(=O)NCC2CC2)c1. The van der Waals surface area contributed by atoms with E-state index in [-0.39, 0.29) is 43.1 Å². The molecule has 3 atom stereocenters. The second kappa shape index (κ2) is 14.0. The number of carbonyl (C=O) groups excluding carboxylic acids is 3. The second-order valence-corrected chi connectivity index (χ2v) is 9.12. The number of nitrogens with two attached hydrogens (primary N) is 1. The van der Waals surface area contributed by atoms with Crippen LogP contribution < -0.4 is 16.4 Å². The van der Waals surface area contributed by atoms with Gasteiger partial charge in [0.1, 0.15) is 0 Å². The Balaban J connectivity index is 0.00000544. The minimum Gasteiger partial charge on any atom is -0.356 e. The minimum atomic E-state index is -0.352. The molecule has 1 aliphatic rings. The molecule has 1 aliphatic carbocycles. The molecular formula is C26H44N4O3. The predicted molar refractivity (Wildman–Crippen MR) is 134 cm³/mol. The molecule has 1 saturated carbocycles. The number of benzene rings is 1. The maximum Gasteiger partial charge on any atom is 0.253 e. The molecule has 186 valence electrons. The van der Waals surface area contributed by atoms with Gasteiger partial charge in [0.25, 0.3) is 11.8 Å². The highest BCUT2D eigenvalue weighted by molar-refractivity contribution is 5.99. The lowest BCUT2D eigenvalue weighted by atomic mass is 9.96. The Labute approximate surface area is 199 Å². The lowest BCUT2D eigenvalue weighted by molar-refractivity contribution is -0.124. The van der Waals surface area contributed by atoms with Crippen LogP contribution in [0.25, 0.3) is 0 Å². The van der Waals surface area contributed by atoms with Gasteiger partial charge in [0.15, 0.2) is 0 Å². The van der Waals surface area contributed by atoms with Gasteiger partial charge in [0, 0.05) is 48.8 Å². The van der Waals surface area contributed by atoms with Gasteiger partial charge in [-0.3, -0.25) is 14.4 Å². The van der Waals surface area contributed by atoms with Crippen molar-refractivity contribution in [2.24, 2.45) is 17.6 Å². The molecule has 3 amide bonds.